The molecule has 0 spiro atoms. The molecule has 0 atom stereocenters. The second kappa shape index (κ2) is 12.6. The number of benzene rings is 8. The van der Waals surface area contributed by atoms with Crippen LogP contribution in [0.2, 0.25) is 0 Å². The number of hydrogen-bond donors (Lipinski definition) is 0. The Balaban J connectivity index is 1.01. The Morgan fingerprint density at radius 3 is 1.79 bits per heavy atom. The van der Waals surface area contributed by atoms with Crippen LogP contribution in [0, 0.1) is 0 Å². The van der Waals surface area contributed by atoms with E-state index in [-0.39, 0.29) is 0 Å². The molecule has 0 N–H and O–H groups in total. The van der Waals surface area contributed by atoms with Crippen LogP contribution in [0.3, 0.4) is 0 Å². The lowest BCUT2D eigenvalue weighted by molar-refractivity contribution is 0.986. The van der Waals surface area contributed by atoms with Crippen molar-refractivity contribution in [2.24, 2.45) is 0 Å². The molecular formula is C51H35N. The predicted molar refractivity (Wildman–Crippen MR) is 221 cm³/mol. The largest absolute Gasteiger partial charge is 0.256 e. The first-order chi connectivity index (χ1) is 25.7. The van der Waals surface area contributed by atoms with Crippen molar-refractivity contribution in [3.8, 4) is 55.8 Å². The van der Waals surface area contributed by atoms with Gasteiger partial charge in [-0.2, -0.15) is 0 Å². The number of allylic oxidation sites excluding steroid dienone is 1. The van der Waals surface area contributed by atoms with Crippen LogP contribution in [0.1, 0.15) is 17.5 Å². The minimum Gasteiger partial charge on any atom is -0.256 e. The molecular weight excluding hydrogens is 627 g/mol. The van der Waals surface area contributed by atoms with Crippen LogP contribution in [-0.2, 0) is 6.42 Å². The molecule has 1 nitrogen and oxygen atoms in total. The number of nitrogens with zero attached hydrogens (tertiary/aromatic N) is 1. The van der Waals surface area contributed by atoms with Gasteiger partial charge in [0.15, 0.2) is 0 Å². The molecule has 0 saturated carbocycles. The van der Waals surface area contributed by atoms with Gasteiger partial charge in [0.05, 0.1) is 5.69 Å². The summed E-state index contributed by atoms with van der Waals surface area (Å²) >= 11 is 0. The van der Waals surface area contributed by atoms with E-state index in [2.05, 4.69) is 182 Å². The third-order valence-electron chi connectivity index (χ3n) is 10.7. The molecule has 0 saturated heterocycles. The first kappa shape index (κ1) is 30.3. The van der Waals surface area contributed by atoms with E-state index in [4.69, 9.17) is 4.98 Å². The van der Waals surface area contributed by atoms with Crippen molar-refractivity contribution in [1.29, 1.82) is 0 Å². The average molecular weight is 662 g/mol. The highest BCUT2D eigenvalue weighted by Crippen LogP contribution is 2.38. The molecule has 8 aromatic carbocycles. The summed E-state index contributed by atoms with van der Waals surface area (Å²) in [6.45, 7) is 0. The van der Waals surface area contributed by atoms with Gasteiger partial charge in [0.1, 0.15) is 0 Å². The van der Waals surface area contributed by atoms with Crippen LogP contribution in [0.5, 0.6) is 0 Å². The Bertz CT molecular complexity index is 2820. The van der Waals surface area contributed by atoms with Crippen molar-refractivity contribution >= 4 is 38.4 Å². The highest BCUT2D eigenvalue weighted by molar-refractivity contribution is 6.13. The van der Waals surface area contributed by atoms with Gasteiger partial charge in [-0.25, -0.2) is 0 Å². The predicted octanol–water partition coefficient (Wildman–Crippen LogP) is 13.8. The SMILES string of the molecule is C1=Cc2cc(-c3cc(-c4ccc(-c5ccc(-c6cc7ccccc7c7ccccc67)cc5)nc4)cc(-c4ccc5ccccc5c4)c3)ccc2CC1. The van der Waals surface area contributed by atoms with Gasteiger partial charge in [0, 0.05) is 17.3 Å². The smallest absolute Gasteiger partial charge is 0.0702 e. The van der Waals surface area contributed by atoms with E-state index in [0.29, 0.717) is 0 Å². The molecule has 0 amide bonds. The Morgan fingerprint density at radius 2 is 1.00 bits per heavy atom. The van der Waals surface area contributed by atoms with Crippen molar-refractivity contribution in [2.45, 2.75) is 12.8 Å². The number of fused-ring (bicyclic) bond motifs is 5. The minimum absolute atomic E-state index is 0.964. The summed E-state index contributed by atoms with van der Waals surface area (Å²) in [5.41, 5.74) is 14.4. The van der Waals surface area contributed by atoms with Crippen LogP contribution in [0.4, 0.5) is 0 Å². The number of aromatic nitrogens is 1. The second-order valence-corrected chi connectivity index (χ2v) is 13.9. The molecule has 1 heteroatoms. The van der Waals surface area contributed by atoms with Crippen molar-refractivity contribution in [3.05, 3.63) is 193 Å². The number of pyridine rings is 1. The molecule has 1 heterocycles. The van der Waals surface area contributed by atoms with Crippen molar-refractivity contribution in [3.63, 3.8) is 0 Å². The second-order valence-electron chi connectivity index (χ2n) is 13.9. The van der Waals surface area contributed by atoms with Gasteiger partial charge in [0.2, 0.25) is 0 Å². The monoisotopic (exact) mass is 661 g/mol. The van der Waals surface area contributed by atoms with Crippen molar-refractivity contribution < 1.29 is 0 Å². The zero-order chi connectivity index (χ0) is 34.4. The maximum Gasteiger partial charge on any atom is 0.0702 e. The van der Waals surface area contributed by atoms with E-state index in [1.54, 1.807) is 0 Å². The van der Waals surface area contributed by atoms with Crippen molar-refractivity contribution in [2.75, 3.05) is 0 Å². The maximum absolute atomic E-state index is 5.01. The molecule has 0 radical (unpaired) electrons. The van der Waals surface area contributed by atoms with E-state index in [0.717, 1.165) is 35.2 Å². The molecule has 52 heavy (non-hydrogen) atoms. The van der Waals surface area contributed by atoms with Crippen LogP contribution in [0.25, 0.3) is 94.2 Å². The van der Waals surface area contributed by atoms with Gasteiger partial charge in [-0.1, -0.05) is 140 Å². The molecule has 244 valence electrons. The summed E-state index contributed by atoms with van der Waals surface area (Å²) in [5, 5.41) is 7.60. The van der Waals surface area contributed by atoms with E-state index < -0.39 is 0 Å². The number of aryl methyl sites for hydroxylation is 1. The maximum atomic E-state index is 5.01. The van der Waals surface area contributed by atoms with Gasteiger partial charge in [0.25, 0.3) is 0 Å². The lowest BCUT2D eigenvalue weighted by Crippen LogP contribution is -1.94. The Morgan fingerprint density at radius 1 is 0.385 bits per heavy atom. The van der Waals surface area contributed by atoms with E-state index >= 15 is 0 Å². The molecule has 0 fully saturated rings. The first-order valence-electron chi connectivity index (χ1n) is 18.2. The van der Waals surface area contributed by atoms with Crippen LogP contribution >= 0.6 is 0 Å². The fourth-order valence-corrected chi connectivity index (χ4v) is 7.95. The van der Waals surface area contributed by atoms with Gasteiger partial charge in [-0.05, 0) is 138 Å². The third kappa shape index (κ3) is 5.48. The number of rotatable bonds is 5. The molecule has 0 aliphatic heterocycles. The highest BCUT2D eigenvalue weighted by Gasteiger charge is 2.13. The zero-order valence-corrected chi connectivity index (χ0v) is 28.8. The van der Waals surface area contributed by atoms with Gasteiger partial charge in [-0.15, -0.1) is 0 Å². The molecule has 1 aliphatic rings. The van der Waals surface area contributed by atoms with Crippen LogP contribution in [-0.4, -0.2) is 4.98 Å². The standard InChI is InChI=1S/C51H35N/c1-3-11-38-27-40(23-17-34(38)9-1)44-29-45(41-24-18-35-10-2-4-12-39(35)28-41)31-46(30-44)43-25-26-51(52-33-43)37-21-19-36(20-22-37)50-32-42-13-5-6-14-47(42)48-15-7-8-16-49(48)50/h1,3-9,11-33H,2,10H2. The Labute approximate surface area is 304 Å². The Hall–Kier alpha value is -6.57. The molecule has 10 rings (SSSR count). The summed E-state index contributed by atoms with van der Waals surface area (Å²) in [6.07, 6.45) is 8.81. The average Bonchev–Trinajstić information content (AvgIpc) is 3.23. The summed E-state index contributed by atoms with van der Waals surface area (Å²) in [7, 11) is 0. The fourth-order valence-electron chi connectivity index (χ4n) is 7.95. The Kier molecular flexibility index (Phi) is 7.36. The topological polar surface area (TPSA) is 12.9 Å². The molecule has 1 aliphatic carbocycles. The van der Waals surface area contributed by atoms with E-state index in [1.807, 2.05) is 6.20 Å². The van der Waals surface area contributed by atoms with E-state index in [1.165, 1.54) is 76.8 Å². The van der Waals surface area contributed by atoms with Gasteiger partial charge in [-0.3, -0.25) is 4.98 Å². The zero-order valence-electron chi connectivity index (χ0n) is 28.8. The van der Waals surface area contributed by atoms with E-state index in [9.17, 15) is 0 Å². The van der Waals surface area contributed by atoms with Crippen LogP contribution in [0.15, 0.2) is 182 Å². The normalized spacial score (nSPS) is 12.4. The number of hydrogen-bond acceptors (Lipinski definition) is 1. The third-order valence-corrected chi connectivity index (χ3v) is 10.7. The molecule has 0 unspecified atom stereocenters. The van der Waals surface area contributed by atoms with Crippen molar-refractivity contribution in [1.82, 2.24) is 4.98 Å². The molecule has 9 aromatic rings. The van der Waals surface area contributed by atoms with Crippen LogP contribution < -0.4 is 0 Å². The molecule has 0 bridgehead atoms. The van der Waals surface area contributed by atoms with Gasteiger partial charge >= 0.3 is 0 Å². The summed E-state index contributed by atoms with van der Waals surface area (Å²) < 4.78 is 0. The highest BCUT2D eigenvalue weighted by atomic mass is 14.7. The summed E-state index contributed by atoms with van der Waals surface area (Å²) in [6, 6.07) is 62.2. The fraction of sp³-hybridized carbons (Fsp3) is 0.0392. The summed E-state index contributed by atoms with van der Waals surface area (Å²) in [5.74, 6) is 0. The van der Waals surface area contributed by atoms with Gasteiger partial charge < -0.3 is 0 Å². The minimum atomic E-state index is 0.964. The quantitative estimate of drug-likeness (QED) is 0.167. The first-order valence-corrected chi connectivity index (χ1v) is 18.2. The lowest BCUT2D eigenvalue weighted by atomic mass is 9.90. The molecule has 1 aromatic heterocycles. The summed E-state index contributed by atoms with van der Waals surface area (Å²) in [4.78, 5) is 5.01. The lowest BCUT2D eigenvalue weighted by Gasteiger charge is -2.15.